The van der Waals surface area contributed by atoms with Crippen LogP contribution in [0.5, 0.6) is 0 Å². The zero-order valence-electron chi connectivity index (χ0n) is 12.7. The van der Waals surface area contributed by atoms with Gasteiger partial charge in [-0.25, -0.2) is 4.68 Å². The predicted molar refractivity (Wildman–Crippen MR) is 95.4 cm³/mol. The maximum absolute atomic E-state index is 12.1. The van der Waals surface area contributed by atoms with E-state index in [1.165, 1.54) is 6.08 Å². The smallest absolute Gasteiger partial charge is 0.314 e. The molecule has 0 radical (unpaired) electrons. The molecule has 8 heteroatoms. The number of hydrogen-bond donors (Lipinski definition) is 2. The van der Waals surface area contributed by atoms with Crippen molar-refractivity contribution in [1.29, 1.82) is 0 Å². The molecule has 1 aliphatic heterocycles. The van der Waals surface area contributed by atoms with Gasteiger partial charge in [0.25, 0.3) is 0 Å². The average Bonchev–Trinajstić information content (AvgIpc) is 3.15. The number of anilines is 1. The Balaban J connectivity index is 1.93. The fourth-order valence-corrected chi connectivity index (χ4v) is 3.56. The van der Waals surface area contributed by atoms with Gasteiger partial charge in [0.05, 0.1) is 11.4 Å². The van der Waals surface area contributed by atoms with E-state index in [2.05, 4.69) is 22.3 Å². The van der Waals surface area contributed by atoms with Crippen LogP contribution in [-0.4, -0.2) is 28.1 Å². The van der Waals surface area contributed by atoms with Crippen molar-refractivity contribution in [3.05, 3.63) is 53.2 Å². The summed E-state index contributed by atoms with van der Waals surface area (Å²) in [4.78, 5) is 23.9. The van der Waals surface area contributed by atoms with E-state index in [0.29, 0.717) is 10.8 Å². The molecule has 6 nitrogen and oxygen atoms in total. The molecule has 0 spiro atoms. The fourth-order valence-electron chi connectivity index (χ4n) is 2.35. The predicted octanol–water partition coefficient (Wildman–Crippen LogP) is 2.51. The molecule has 0 unspecified atom stereocenters. The first-order chi connectivity index (χ1) is 11.6. The summed E-state index contributed by atoms with van der Waals surface area (Å²) in [6.45, 7) is 3.73. The number of nitrogens with one attached hydrogen (secondary N) is 2. The number of rotatable bonds is 4. The molecule has 0 bridgehead atoms. The molecule has 0 saturated heterocycles. The lowest BCUT2D eigenvalue weighted by Gasteiger charge is -2.11. The highest BCUT2D eigenvalue weighted by Gasteiger charge is 2.26. The number of thioether (sulfide) groups is 1. The summed E-state index contributed by atoms with van der Waals surface area (Å²) in [5.74, 6) is 0.567. The minimum Gasteiger partial charge on any atom is -0.344 e. The minimum atomic E-state index is -0.736. The molecule has 2 N–H and O–H groups in total. The molecule has 0 aliphatic carbocycles. The molecule has 0 atom stereocenters. The van der Waals surface area contributed by atoms with Gasteiger partial charge in [0, 0.05) is 28.6 Å². The molecule has 2 aromatic rings. The van der Waals surface area contributed by atoms with Gasteiger partial charge < -0.3 is 10.6 Å². The number of hydrogen-bond acceptors (Lipinski definition) is 4. The van der Waals surface area contributed by atoms with Gasteiger partial charge in [-0.05, 0) is 18.2 Å². The Bertz CT molecular complexity index is 818. The van der Waals surface area contributed by atoms with Crippen LogP contribution in [0.15, 0.2) is 36.9 Å². The summed E-state index contributed by atoms with van der Waals surface area (Å²) in [6.07, 6.45) is 1.51. The van der Waals surface area contributed by atoms with Crippen molar-refractivity contribution in [3.63, 3.8) is 0 Å². The molecule has 1 aromatic heterocycles. The lowest BCUT2D eigenvalue weighted by atomic mass is 10.2. The van der Waals surface area contributed by atoms with Crippen molar-refractivity contribution in [3.8, 4) is 5.69 Å². The zero-order chi connectivity index (χ0) is 17.1. The van der Waals surface area contributed by atoms with Crippen molar-refractivity contribution in [1.82, 2.24) is 15.1 Å². The second-order valence-electron chi connectivity index (χ2n) is 5.11. The minimum absolute atomic E-state index is 0.230. The van der Waals surface area contributed by atoms with Crippen molar-refractivity contribution in [2.75, 3.05) is 11.9 Å². The topological polar surface area (TPSA) is 76.0 Å². The largest absolute Gasteiger partial charge is 0.344 e. The maximum Gasteiger partial charge on any atom is 0.314 e. The second kappa shape index (κ2) is 7.11. The Kier molecular flexibility index (Phi) is 4.92. The summed E-state index contributed by atoms with van der Waals surface area (Å²) in [7, 11) is 0. The van der Waals surface area contributed by atoms with E-state index in [1.807, 2.05) is 12.1 Å². The molecule has 2 heterocycles. The number of halogens is 1. The van der Waals surface area contributed by atoms with Crippen LogP contribution in [-0.2, 0) is 21.1 Å². The number of aromatic nitrogens is 2. The highest BCUT2D eigenvalue weighted by molar-refractivity contribution is 7.98. The summed E-state index contributed by atoms with van der Waals surface area (Å²) < 4.78 is 1.62. The lowest BCUT2D eigenvalue weighted by Crippen LogP contribution is -2.36. The molecule has 3 rings (SSSR count). The number of fused-ring (bicyclic) bond motifs is 1. The Morgan fingerprint density at radius 3 is 2.96 bits per heavy atom. The molecule has 124 valence electrons. The molecular weight excluding hydrogens is 348 g/mol. The van der Waals surface area contributed by atoms with Crippen LogP contribution in [0.3, 0.4) is 0 Å². The monoisotopic (exact) mass is 362 g/mol. The average molecular weight is 363 g/mol. The van der Waals surface area contributed by atoms with E-state index in [9.17, 15) is 9.59 Å². The van der Waals surface area contributed by atoms with Crippen LogP contribution in [0.25, 0.3) is 5.69 Å². The molecule has 2 amide bonds. The Hall–Kier alpha value is -2.25. The van der Waals surface area contributed by atoms with E-state index >= 15 is 0 Å². The van der Waals surface area contributed by atoms with Crippen molar-refractivity contribution in [2.45, 2.75) is 11.5 Å². The number of nitrogens with zero attached hydrogens (tertiary/aromatic N) is 2. The number of amides is 2. The third kappa shape index (κ3) is 3.32. The third-order valence-corrected chi connectivity index (χ3v) is 4.66. The number of benzene rings is 1. The first kappa shape index (κ1) is 16.6. The van der Waals surface area contributed by atoms with Gasteiger partial charge in [-0.2, -0.15) is 16.9 Å². The Morgan fingerprint density at radius 1 is 1.38 bits per heavy atom. The quantitative estimate of drug-likeness (QED) is 0.647. The third-order valence-electron chi connectivity index (χ3n) is 3.45. The standard InChI is InChI=1S/C16H15ClN4O2S/c1-2-6-18-15(22)16(23)19-14-12-8-24-9-13(12)20-21(14)11-5-3-4-10(17)7-11/h2-5,7H,1,6,8-9H2,(H,18,22)(H,19,23). The maximum atomic E-state index is 12.1. The van der Waals surface area contributed by atoms with Gasteiger partial charge in [-0.15, -0.1) is 6.58 Å². The van der Waals surface area contributed by atoms with Crippen LogP contribution in [0.4, 0.5) is 5.82 Å². The fraction of sp³-hybridized carbons (Fsp3) is 0.188. The van der Waals surface area contributed by atoms with Crippen LogP contribution < -0.4 is 10.6 Å². The van der Waals surface area contributed by atoms with E-state index in [1.54, 1.807) is 28.6 Å². The van der Waals surface area contributed by atoms with Crippen LogP contribution in [0.1, 0.15) is 11.3 Å². The van der Waals surface area contributed by atoms with Gasteiger partial charge in [0.15, 0.2) is 0 Å². The number of carbonyl (C=O) groups is 2. The molecule has 24 heavy (non-hydrogen) atoms. The summed E-state index contributed by atoms with van der Waals surface area (Å²) in [5.41, 5.74) is 2.57. The van der Waals surface area contributed by atoms with Crippen LogP contribution in [0, 0.1) is 0 Å². The van der Waals surface area contributed by atoms with Gasteiger partial charge in [0.2, 0.25) is 0 Å². The summed E-state index contributed by atoms with van der Waals surface area (Å²) >= 11 is 7.76. The summed E-state index contributed by atoms with van der Waals surface area (Å²) in [5, 5.41) is 10.3. The van der Waals surface area contributed by atoms with E-state index in [-0.39, 0.29) is 6.54 Å². The molecule has 1 aliphatic rings. The van der Waals surface area contributed by atoms with Crippen LogP contribution in [0.2, 0.25) is 5.02 Å². The highest BCUT2D eigenvalue weighted by atomic mass is 35.5. The number of carbonyl (C=O) groups excluding carboxylic acids is 2. The van der Waals surface area contributed by atoms with Gasteiger partial charge in [-0.3, -0.25) is 9.59 Å². The second-order valence-corrected chi connectivity index (χ2v) is 6.53. The van der Waals surface area contributed by atoms with Crippen molar-refractivity contribution < 1.29 is 9.59 Å². The van der Waals surface area contributed by atoms with Gasteiger partial charge >= 0.3 is 11.8 Å². The van der Waals surface area contributed by atoms with Gasteiger partial charge in [-0.1, -0.05) is 23.7 Å². The molecule has 1 aromatic carbocycles. The first-order valence-corrected chi connectivity index (χ1v) is 8.78. The van der Waals surface area contributed by atoms with E-state index < -0.39 is 11.8 Å². The Labute approximate surface area is 148 Å². The first-order valence-electron chi connectivity index (χ1n) is 7.24. The van der Waals surface area contributed by atoms with Gasteiger partial charge in [0.1, 0.15) is 5.82 Å². The normalized spacial score (nSPS) is 12.5. The zero-order valence-corrected chi connectivity index (χ0v) is 14.3. The lowest BCUT2D eigenvalue weighted by molar-refractivity contribution is -0.136. The Morgan fingerprint density at radius 2 is 2.21 bits per heavy atom. The van der Waals surface area contributed by atoms with E-state index in [0.717, 1.165) is 28.5 Å². The highest BCUT2D eigenvalue weighted by Crippen LogP contribution is 2.36. The van der Waals surface area contributed by atoms with E-state index in [4.69, 9.17) is 11.6 Å². The van der Waals surface area contributed by atoms with Crippen LogP contribution >= 0.6 is 23.4 Å². The molecule has 0 fully saturated rings. The van der Waals surface area contributed by atoms with Crippen molar-refractivity contribution in [2.24, 2.45) is 0 Å². The van der Waals surface area contributed by atoms with Crippen molar-refractivity contribution >= 4 is 41.0 Å². The molecule has 0 saturated carbocycles. The summed E-state index contributed by atoms with van der Waals surface area (Å²) in [6, 6.07) is 7.17. The SMILES string of the molecule is C=CCNC(=O)C(=O)Nc1c2c(nn1-c1cccc(Cl)c1)CSC2. The molecular formula is C16H15ClN4O2S.